The normalized spacial score (nSPS) is 13.9. The maximum Gasteiger partial charge on any atom is 0.265 e. The number of nitrogens with one attached hydrogen (secondary N) is 1. The monoisotopic (exact) mass is 394 g/mol. The first-order valence-corrected chi connectivity index (χ1v) is 10.4. The van der Waals surface area contributed by atoms with Crippen molar-refractivity contribution in [2.24, 2.45) is 0 Å². The van der Waals surface area contributed by atoms with Crippen molar-refractivity contribution in [3.8, 4) is 5.75 Å². The highest BCUT2D eigenvalue weighted by Gasteiger charge is 2.33. The van der Waals surface area contributed by atoms with Gasteiger partial charge in [0.25, 0.3) is 5.91 Å². The van der Waals surface area contributed by atoms with Crippen molar-refractivity contribution in [1.29, 1.82) is 0 Å². The van der Waals surface area contributed by atoms with Gasteiger partial charge in [-0.3, -0.25) is 9.52 Å². The van der Waals surface area contributed by atoms with E-state index >= 15 is 0 Å². The summed E-state index contributed by atoms with van der Waals surface area (Å²) in [6, 6.07) is 13.7. The third kappa shape index (κ3) is 5.12. The van der Waals surface area contributed by atoms with E-state index in [9.17, 15) is 13.2 Å². The number of hydrogen-bond donors (Lipinski definition) is 1. The van der Waals surface area contributed by atoms with Crippen LogP contribution in [0.15, 0.2) is 48.5 Å². The maximum atomic E-state index is 12.6. The summed E-state index contributed by atoms with van der Waals surface area (Å²) in [5.41, 5.74) is 1.17. The first-order chi connectivity index (χ1) is 12.3. The van der Waals surface area contributed by atoms with E-state index in [1.54, 1.807) is 53.4 Å². The molecule has 1 saturated carbocycles. The molecule has 1 amide bonds. The molecule has 0 aromatic heterocycles. The van der Waals surface area contributed by atoms with Crippen molar-refractivity contribution in [1.82, 2.24) is 0 Å². The third-order valence-electron chi connectivity index (χ3n) is 3.81. The SMILES string of the molecule is CS(=O)(=O)Nc1ccc(N(C(=O)COc2ccc(Cl)cc2)C2CC2)cc1. The lowest BCUT2D eigenvalue weighted by molar-refractivity contribution is -0.120. The van der Waals surface area contributed by atoms with Gasteiger partial charge in [-0.2, -0.15) is 0 Å². The van der Waals surface area contributed by atoms with Gasteiger partial charge in [-0.25, -0.2) is 8.42 Å². The lowest BCUT2D eigenvalue weighted by atomic mass is 10.2. The number of rotatable bonds is 7. The summed E-state index contributed by atoms with van der Waals surface area (Å²) in [7, 11) is -3.33. The van der Waals surface area contributed by atoms with Gasteiger partial charge in [-0.1, -0.05) is 11.6 Å². The minimum Gasteiger partial charge on any atom is -0.484 e. The molecular weight excluding hydrogens is 376 g/mol. The van der Waals surface area contributed by atoms with Crippen LogP contribution in [-0.4, -0.2) is 33.2 Å². The second-order valence-electron chi connectivity index (χ2n) is 6.16. The molecule has 0 atom stereocenters. The molecule has 0 heterocycles. The number of benzene rings is 2. The summed E-state index contributed by atoms with van der Waals surface area (Å²) in [5, 5.41) is 0.603. The number of sulfonamides is 1. The molecule has 1 aliphatic carbocycles. The van der Waals surface area contributed by atoms with Crippen LogP contribution in [-0.2, 0) is 14.8 Å². The molecule has 0 bridgehead atoms. The Balaban J connectivity index is 1.68. The second-order valence-corrected chi connectivity index (χ2v) is 8.34. The highest BCUT2D eigenvalue weighted by atomic mass is 35.5. The highest BCUT2D eigenvalue weighted by molar-refractivity contribution is 7.92. The molecule has 0 aliphatic heterocycles. The minimum absolute atomic E-state index is 0.0819. The Hall–Kier alpha value is -2.25. The number of nitrogens with zero attached hydrogens (tertiary/aromatic N) is 1. The molecule has 2 aromatic rings. The van der Waals surface area contributed by atoms with Crippen molar-refractivity contribution >= 4 is 38.9 Å². The molecule has 1 aliphatic rings. The zero-order chi connectivity index (χ0) is 18.7. The highest BCUT2D eigenvalue weighted by Crippen LogP contribution is 2.32. The largest absolute Gasteiger partial charge is 0.484 e. The van der Waals surface area contributed by atoms with Gasteiger partial charge in [-0.05, 0) is 61.4 Å². The van der Waals surface area contributed by atoms with E-state index in [1.807, 2.05) is 0 Å². The fourth-order valence-electron chi connectivity index (χ4n) is 2.54. The average Bonchev–Trinajstić information content (AvgIpc) is 3.40. The lowest BCUT2D eigenvalue weighted by Gasteiger charge is -2.23. The van der Waals surface area contributed by atoms with Gasteiger partial charge in [-0.15, -0.1) is 0 Å². The molecule has 26 heavy (non-hydrogen) atoms. The summed E-state index contributed by atoms with van der Waals surface area (Å²) < 4.78 is 30.5. The smallest absolute Gasteiger partial charge is 0.265 e. The molecule has 138 valence electrons. The van der Waals surface area contributed by atoms with Crippen LogP contribution < -0.4 is 14.4 Å². The number of ether oxygens (including phenoxy) is 1. The molecule has 1 N–H and O–H groups in total. The van der Waals surface area contributed by atoms with Gasteiger partial charge in [0.1, 0.15) is 5.75 Å². The fraction of sp³-hybridized carbons (Fsp3) is 0.278. The van der Waals surface area contributed by atoms with Crippen LogP contribution in [0, 0.1) is 0 Å². The fourth-order valence-corrected chi connectivity index (χ4v) is 3.23. The van der Waals surface area contributed by atoms with Crippen LogP contribution in [0.2, 0.25) is 5.02 Å². The molecule has 3 rings (SSSR count). The van der Waals surface area contributed by atoms with Gasteiger partial charge in [0.15, 0.2) is 6.61 Å². The number of anilines is 2. The topological polar surface area (TPSA) is 75.7 Å². The van der Waals surface area contributed by atoms with Gasteiger partial charge in [0.05, 0.1) is 6.26 Å². The molecule has 0 radical (unpaired) electrons. The number of amides is 1. The van der Waals surface area contributed by atoms with Crippen molar-refractivity contribution in [3.63, 3.8) is 0 Å². The van der Waals surface area contributed by atoms with E-state index in [1.165, 1.54) is 0 Å². The van der Waals surface area contributed by atoms with Crippen molar-refractivity contribution in [2.45, 2.75) is 18.9 Å². The molecule has 0 saturated heterocycles. The Morgan fingerprint density at radius 1 is 1.15 bits per heavy atom. The summed E-state index contributed by atoms with van der Waals surface area (Å²) in [5.74, 6) is 0.428. The number of halogens is 1. The van der Waals surface area contributed by atoms with E-state index in [-0.39, 0.29) is 18.6 Å². The van der Waals surface area contributed by atoms with Gasteiger partial charge >= 0.3 is 0 Å². The molecule has 1 fully saturated rings. The van der Waals surface area contributed by atoms with E-state index in [0.29, 0.717) is 16.5 Å². The van der Waals surface area contributed by atoms with Crippen LogP contribution in [0.3, 0.4) is 0 Å². The molecule has 2 aromatic carbocycles. The van der Waals surface area contributed by atoms with Crippen molar-refractivity contribution in [3.05, 3.63) is 53.6 Å². The van der Waals surface area contributed by atoms with Gasteiger partial charge in [0.2, 0.25) is 10.0 Å². The maximum absolute atomic E-state index is 12.6. The van der Waals surface area contributed by atoms with Gasteiger partial charge < -0.3 is 9.64 Å². The van der Waals surface area contributed by atoms with Crippen LogP contribution in [0.5, 0.6) is 5.75 Å². The lowest BCUT2D eigenvalue weighted by Crippen LogP contribution is -2.36. The van der Waals surface area contributed by atoms with E-state index in [4.69, 9.17) is 16.3 Å². The Morgan fingerprint density at radius 2 is 1.77 bits per heavy atom. The Labute approximate surface area is 157 Å². The Bertz CT molecular complexity index is 878. The first kappa shape index (κ1) is 18.5. The first-order valence-electron chi connectivity index (χ1n) is 8.10. The Kier molecular flexibility index (Phi) is 5.38. The standard InChI is InChI=1S/C18H19ClN2O4S/c1-26(23,24)20-14-4-6-15(7-5-14)21(16-8-9-16)18(22)12-25-17-10-2-13(19)3-11-17/h2-7,10-11,16,20H,8-9,12H2,1H3. The van der Waals surface area contributed by atoms with Crippen LogP contribution >= 0.6 is 11.6 Å². The van der Waals surface area contributed by atoms with Crippen LogP contribution in [0.25, 0.3) is 0 Å². The minimum atomic E-state index is -3.33. The van der Waals surface area contributed by atoms with Crippen LogP contribution in [0.1, 0.15) is 12.8 Å². The summed E-state index contributed by atoms with van der Waals surface area (Å²) in [6.45, 7) is -0.0819. The Morgan fingerprint density at radius 3 is 2.31 bits per heavy atom. The van der Waals surface area contributed by atoms with E-state index in [2.05, 4.69) is 4.72 Å². The number of carbonyl (C=O) groups is 1. The van der Waals surface area contributed by atoms with Crippen LogP contribution in [0.4, 0.5) is 11.4 Å². The molecule has 0 unspecified atom stereocenters. The number of hydrogen-bond acceptors (Lipinski definition) is 4. The summed E-state index contributed by atoms with van der Waals surface area (Å²) in [6.07, 6.45) is 2.97. The zero-order valence-corrected chi connectivity index (χ0v) is 15.8. The zero-order valence-electron chi connectivity index (χ0n) is 14.2. The molecule has 8 heteroatoms. The van der Waals surface area contributed by atoms with Gasteiger partial charge in [0, 0.05) is 22.4 Å². The third-order valence-corrected chi connectivity index (χ3v) is 4.66. The van der Waals surface area contributed by atoms with Crippen molar-refractivity contribution in [2.75, 3.05) is 22.5 Å². The van der Waals surface area contributed by atoms with Crippen molar-refractivity contribution < 1.29 is 17.9 Å². The van der Waals surface area contributed by atoms with E-state index < -0.39 is 10.0 Å². The average molecular weight is 395 g/mol. The molecule has 0 spiro atoms. The quantitative estimate of drug-likeness (QED) is 0.781. The predicted octanol–water partition coefficient (Wildman–Crippen LogP) is 3.29. The predicted molar refractivity (Wildman–Crippen MR) is 102 cm³/mol. The number of carbonyl (C=O) groups excluding carboxylic acids is 1. The molecular formula is C18H19ClN2O4S. The second kappa shape index (κ2) is 7.55. The van der Waals surface area contributed by atoms with E-state index in [0.717, 1.165) is 24.8 Å². The summed E-state index contributed by atoms with van der Waals surface area (Å²) in [4.78, 5) is 14.4. The molecule has 6 nitrogen and oxygen atoms in total. The summed E-state index contributed by atoms with van der Waals surface area (Å²) >= 11 is 5.83.